The van der Waals surface area contributed by atoms with Gasteiger partial charge in [0.1, 0.15) is 0 Å². The summed E-state index contributed by atoms with van der Waals surface area (Å²) in [4.78, 5) is 0. The van der Waals surface area contributed by atoms with E-state index in [0.717, 1.165) is 0 Å². The predicted molar refractivity (Wildman–Crippen MR) is 87.1 cm³/mol. The second-order valence-corrected chi connectivity index (χ2v) is 8.27. The van der Waals surface area contributed by atoms with E-state index in [-0.39, 0.29) is 0 Å². The summed E-state index contributed by atoms with van der Waals surface area (Å²) in [7, 11) is 0. The van der Waals surface area contributed by atoms with Gasteiger partial charge in [-0.25, -0.2) is 0 Å². The monoisotopic (exact) mass is 256 g/mol. The van der Waals surface area contributed by atoms with Crippen molar-refractivity contribution in [3.8, 4) is 0 Å². The Morgan fingerprint density at radius 3 is 1.39 bits per heavy atom. The average Bonchev–Trinajstić information content (AvgIpc) is 2.16. The zero-order valence-electron chi connectivity index (χ0n) is 15.0. The fraction of sp³-hybridized carbons (Fsp3) is 1.00. The molecule has 0 unspecified atom stereocenters. The van der Waals surface area contributed by atoms with Gasteiger partial charge in [0.05, 0.1) is 0 Å². The highest BCUT2D eigenvalue weighted by Crippen LogP contribution is 2.38. The Morgan fingerprint density at radius 1 is 0.667 bits per heavy atom. The molecule has 112 valence electrons. The molecule has 0 atom stereocenters. The molecule has 0 aliphatic rings. The Labute approximate surface area is 118 Å². The van der Waals surface area contributed by atoms with Crippen LogP contribution in [-0.4, -0.2) is 0 Å². The molecule has 0 bridgehead atoms. The lowest BCUT2D eigenvalue weighted by Gasteiger charge is -2.33. The molecule has 0 saturated heterocycles. The van der Waals surface area contributed by atoms with E-state index < -0.39 is 0 Å². The first-order valence-corrected chi connectivity index (χ1v) is 7.97. The largest absolute Gasteiger partial charge is 0.0683 e. The average molecular weight is 257 g/mol. The molecule has 0 heterocycles. The molecule has 0 amide bonds. The lowest BCUT2D eigenvalue weighted by molar-refractivity contribution is 0.183. The predicted octanol–water partition coefficient (Wildman–Crippen LogP) is 7.08. The molecular weight excluding hydrogens is 216 g/mol. The molecule has 0 nitrogen and oxygen atoms in total. The Hall–Kier alpha value is 0. The quantitative estimate of drug-likeness (QED) is 0.476. The summed E-state index contributed by atoms with van der Waals surface area (Å²) in [6.07, 6.45) is 6.74. The van der Waals surface area contributed by atoms with Gasteiger partial charge in [-0.15, -0.1) is 0 Å². The number of rotatable bonds is 6. The normalized spacial score (nSPS) is 13.0. The molecular formula is C18H40. The molecule has 0 N–H and O–H groups in total. The molecule has 0 radical (unpaired) electrons. The van der Waals surface area contributed by atoms with Crippen molar-refractivity contribution in [2.24, 2.45) is 16.2 Å². The standard InChI is InChI=1S/C16H34.C2H6/c1-9-15(5,6)11-10-12-16(7,8)13-14(2,3)4;1-2/h9-13H2,1-8H3;1-2H3. The number of hydrogen-bond acceptors (Lipinski definition) is 0. The molecule has 0 spiro atoms. The minimum Gasteiger partial charge on any atom is -0.0683 e. The summed E-state index contributed by atoms with van der Waals surface area (Å²) >= 11 is 0. The first-order valence-electron chi connectivity index (χ1n) is 7.97. The SMILES string of the molecule is CC.CCC(C)(C)CCCC(C)(C)CC(C)(C)C. The zero-order valence-corrected chi connectivity index (χ0v) is 15.0. The van der Waals surface area contributed by atoms with Gasteiger partial charge in [-0.2, -0.15) is 0 Å². The van der Waals surface area contributed by atoms with Crippen LogP contribution in [0.2, 0.25) is 0 Å². The van der Waals surface area contributed by atoms with E-state index in [9.17, 15) is 0 Å². The lowest BCUT2D eigenvalue weighted by atomic mass is 9.72. The van der Waals surface area contributed by atoms with E-state index in [0.29, 0.717) is 16.2 Å². The summed E-state index contributed by atoms with van der Waals surface area (Å²) in [6, 6.07) is 0. The van der Waals surface area contributed by atoms with Crippen molar-refractivity contribution in [1.82, 2.24) is 0 Å². The van der Waals surface area contributed by atoms with Crippen LogP contribution in [0.4, 0.5) is 0 Å². The third-order valence-corrected chi connectivity index (χ3v) is 3.67. The van der Waals surface area contributed by atoms with Gasteiger partial charge in [-0.3, -0.25) is 0 Å². The maximum Gasteiger partial charge on any atom is -0.0349 e. The van der Waals surface area contributed by atoms with Crippen LogP contribution >= 0.6 is 0 Å². The van der Waals surface area contributed by atoms with Crippen molar-refractivity contribution < 1.29 is 0 Å². The highest BCUT2D eigenvalue weighted by atomic mass is 14.3. The maximum absolute atomic E-state index is 2.43. The van der Waals surface area contributed by atoms with Gasteiger partial charge in [-0.05, 0) is 35.5 Å². The van der Waals surface area contributed by atoms with Gasteiger partial charge in [0.2, 0.25) is 0 Å². The van der Waals surface area contributed by atoms with Crippen molar-refractivity contribution in [3.63, 3.8) is 0 Å². The van der Waals surface area contributed by atoms with Crippen LogP contribution in [0.5, 0.6) is 0 Å². The summed E-state index contributed by atoms with van der Waals surface area (Å²) in [6.45, 7) is 23.0. The fourth-order valence-corrected chi connectivity index (χ4v) is 2.75. The van der Waals surface area contributed by atoms with Crippen molar-refractivity contribution >= 4 is 0 Å². The minimum absolute atomic E-state index is 0.462. The summed E-state index contributed by atoms with van der Waals surface area (Å²) in [5.74, 6) is 0. The summed E-state index contributed by atoms with van der Waals surface area (Å²) < 4.78 is 0. The van der Waals surface area contributed by atoms with E-state index in [4.69, 9.17) is 0 Å². The van der Waals surface area contributed by atoms with Crippen molar-refractivity contribution in [2.75, 3.05) is 0 Å². The Kier molecular flexibility index (Phi) is 9.29. The lowest BCUT2D eigenvalue weighted by Crippen LogP contribution is -2.21. The molecule has 0 aromatic carbocycles. The van der Waals surface area contributed by atoms with Crippen LogP contribution in [0.25, 0.3) is 0 Å². The molecule has 0 aromatic heterocycles. The van der Waals surface area contributed by atoms with Gasteiger partial charge in [0, 0.05) is 0 Å². The van der Waals surface area contributed by atoms with Crippen molar-refractivity contribution in [2.45, 2.75) is 101 Å². The Balaban J connectivity index is 0. The van der Waals surface area contributed by atoms with E-state index in [2.05, 4.69) is 55.4 Å². The molecule has 0 heteroatoms. The minimum atomic E-state index is 0.462. The first-order chi connectivity index (χ1) is 7.97. The van der Waals surface area contributed by atoms with Crippen LogP contribution in [0.3, 0.4) is 0 Å². The van der Waals surface area contributed by atoms with Crippen molar-refractivity contribution in [3.05, 3.63) is 0 Å². The number of hydrogen-bond donors (Lipinski definition) is 0. The molecule has 0 rings (SSSR count). The molecule has 0 saturated carbocycles. The van der Waals surface area contributed by atoms with E-state index in [1.165, 1.54) is 32.1 Å². The smallest absolute Gasteiger partial charge is 0.0349 e. The van der Waals surface area contributed by atoms with E-state index in [1.54, 1.807) is 0 Å². The van der Waals surface area contributed by atoms with Gasteiger partial charge in [-0.1, -0.05) is 82.1 Å². The summed E-state index contributed by atoms with van der Waals surface area (Å²) in [5, 5.41) is 0. The van der Waals surface area contributed by atoms with Crippen LogP contribution in [0, 0.1) is 16.2 Å². The van der Waals surface area contributed by atoms with Crippen LogP contribution in [0.15, 0.2) is 0 Å². The topological polar surface area (TPSA) is 0 Å². The first kappa shape index (κ1) is 20.3. The highest BCUT2D eigenvalue weighted by molar-refractivity contribution is 4.77. The third kappa shape index (κ3) is 12.5. The van der Waals surface area contributed by atoms with Gasteiger partial charge in [0.15, 0.2) is 0 Å². The van der Waals surface area contributed by atoms with E-state index >= 15 is 0 Å². The second kappa shape index (κ2) is 8.23. The molecule has 0 fully saturated rings. The van der Waals surface area contributed by atoms with Crippen LogP contribution in [-0.2, 0) is 0 Å². The third-order valence-electron chi connectivity index (χ3n) is 3.67. The second-order valence-electron chi connectivity index (χ2n) is 8.27. The van der Waals surface area contributed by atoms with Crippen LogP contribution < -0.4 is 0 Å². The Morgan fingerprint density at radius 2 is 1.06 bits per heavy atom. The van der Waals surface area contributed by atoms with Crippen LogP contribution in [0.1, 0.15) is 101 Å². The highest BCUT2D eigenvalue weighted by Gasteiger charge is 2.26. The molecule has 0 aliphatic carbocycles. The molecule has 0 aliphatic heterocycles. The fourth-order valence-electron chi connectivity index (χ4n) is 2.75. The van der Waals surface area contributed by atoms with Crippen molar-refractivity contribution in [1.29, 1.82) is 0 Å². The van der Waals surface area contributed by atoms with Gasteiger partial charge >= 0.3 is 0 Å². The zero-order chi connectivity index (χ0) is 15.0. The van der Waals surface area contributed by atoms with Gasteiger partial charge < -0.3 is 0 Å². The van der Waals surface area contributed by atoms with E-state index in [1.807, 2.05) is 13.8 Å². The van der Waals surface area contributed by atoms with Gasteiger partial charge in [0.25, 0.3) is 0 Å². The summed E-state index contributed by atoms with van der Waals surface area (Å²) in [5.41, 5.74) is 1.50. The Bertz CT molecular complexity index is 191. The molecule has 0 aromatic rings. The maximum atomic E-state index is 2.43. The molecule has 18 heavy (non-hydrogen) atoms.